The number of nitrogens with two attached hydrogens (primary N) is 1. The first-order valence-electron chi connectivity index (χ1n) is 8.65. The molecule has 0 unspecified atom stereocenters. The highest BCUT2D eigenvalue weighted by Crippen LogP contribution is 2.36. The van der Waals surface area contributed by atoms with Crippen LogP contribution in [0.3, 0.4) is 0 Å². The van der Waals surface area contributed by atoms with E-state index in [1.807, 2.05) is 23.6 Å². The second kappa shape index (κ2) is 8.43. The van der Waals surface area contributed by atoms with Crippen LogP contribution in [0.25, 0.3) is 11.3 Å². The zero-order chi connectivity index (χ0) is 18.0. The number of rotatable bonds is 4. The molecule has 9 heteroatoms. The number of aromatic nitrogens is 1. The molecule has 0 aliphatic carbocycles. The van der Waals surface area contributed by atoms with Gasteiger partial charge < -0.3 is 25.3 Å². The van der Waals surface area contributed by atoms with Crippen molar-refractivity contribution in [2.75, 3.05) is 38.3 Å². The first kappa shape index (κ1) is 19.9. The van der Waals surface area contributed by atoms with Crippen LogP contribution in [0.4, 0.5) is 5.13 Å². The quantitative estimate of drug-likeness (QED) is 0.803. The van der Waals surface area contributed by atoms with E-state index in [9.17, 15) is 4.79 Å². The summed E-state index contributed by atoms with van der Waals surface area (Å²) in [4.78, 5) is 17.3. The summed E-state index contributed by atoms with van der Waals surface area (Å²) in [7, 11) is 0. The van der Waals surface area contributed by atoms with Gasteiger partial charge in [-0.1, -0.05) is 0 Å². The number of halogens is 1. The number of benzene rings is 1. The predicted octanol–water partition coefficient (Wildman–Crippen LogP) is 2.70. The second-order valence-corrected chi connectivity index (χ2v) is 7.31. The smallest absolute Gasteiger partial charge is 0.233 e. The van der Waals surface area contributed by atoms with Crippen LogP contribution in [0.1, 0.15) is 12.8 Å². The molecular weight excluding hydrogens is 390 g/mol. The molecule has 3 N–H and O–H groups in total. The number of amides is 1. The van der Waals surface area contributed by atoms with Crippen LogP contribution in [0.15, 0.2) is 23.6 Å². The highest BCUT2D eigenvalue weighted by molar-refractivity contribution is 7.14. The number of carbonyl (C=O) groups excluding carboxylic acids is 1. The third-order valence-corrected chi connectivity index (χ3v) is 5.64. The fourth-order valence-electron chi connectivity index (χ4n) is 3.18. The minimum Gasteiger partial charge on any atom is -0.486 e. The Labute approximate surface area is 167 Å². The monoisotopic (exact) mass is 411 g/mol. The number of hydrogen-bond acceptors (Lipinski definition) is 7. The molecule has 7 nitrogen and oxygen atoms in total. The molecule has 0 atom stereocenters. The van der Waals surface area contributed by atoms with Crippen molar-refractivity contribution in [2.45, 2.75) is 12.8 Å². The highest BCUT2D eigenvalue weighted by atomic mass is 35.5. The molecule has 2 aliphatic heterocycles. The van der Waals surface area contributed by atoms with E-state index >= 15 is 0 Å². The van der Waals surface area contributed by atoms with Crippen molar-refractivity contribution in [3.05, 3.63) is 23.6 Å². The number of ether oxygens (including phenoxy) is 3. The summed E-state index contributed by atoms with van der Waals surface area (Å²) < 4.78 is 16.5. The Bertz CT molecular complexity index is 808. The van der Waals surface area contributed by atoms with Crippen LogP contribution in [-0.2, 0) is 9.53 Å². The lowest BCUT2D eigenvalue weighted by molar-refractivity contribution is -0.130. The lowest BCUT2D eigenvalue weighted by Gasteiger charge is -2.34. The summed E-state index contributed by atoms with van der Waals surface area (Å²) in [6.07, 6.45) is 1.27. The lowest BCUT2D eigenvalue weighted by atomic mass is 9.79. The van der Waals surface area contributed by atoms with Crippen LogP contribution in [-0.4, -0.2) is 43.9 Å². The molecule has 1 saturated heterocycles. The highest BCUT2D eigenvalue weighted by Gasteiger charge is 2.39. The van der Waals surface area contributed by atoms with E-state index in [1.165, 1.54) is 11.3 Å². The Morgan fingerprint density at radius 2 is 1.93 bits per heavy atom. The average Bonchev–Trinajstić information content (AvgIpc) is 3.16. The zero-order valence-electron chi connectivity index (χ0n) is 14.7. The molecule has 1 amide bonds. The fraction of sp³-hybridized carbons (Fsp3) is 0.444. The van der Waals surface area contributed by atoms with Gasteiger partial charge in [0.1, 0.15) is 13.2 Å². The van der Waals surface area contributed by atoms with Gasteiger partial charge >= 0.3 is 0 Å². The Kier molecular flexibility index (Phi) is 6.21. The van der Waals surface area contributed by atoms with Gasteiger partial charge in [-0.05, 0) is 31.0 Å². The van der Waals surface area contributed by atoms with Gasteiger partial charge in [-0.25, -0.2) is 4.98 Å². The molecule has 1 aromatic heterocycles. The Hall–Kier alpha value is -1.87. The van der Waals surface area contributed by atoms with Crippen molar-refractivity contribution < 1.29 is 19.0 Å². The van der Waals surface area contributed by atoms with E-state index in [0.717, 1.165) is 22.8 Å². The van der Waals surface area contributed by atoms with Gasteiger partial charge in [0.25, 0.3) is 0 Å². The summed E-state index contributed by atoms with van der Waals surface area (Å²) in [5, 5.41) is 5.42. The summed E-state index contributed by atoms with van der Waals surface area (Å²) in [6, 6.07) is 5.73. The maximum atomic E-state index is 12.7. The van der Waals surface area contributed by atoms with Crippen LogP contribution >= 0.6 is 23.7 Å². The van der Waals surface area contributed by atoms with Gasteiger partial charge in [0, 0.05) is 30.7 Å². The number of thiazole rings is 1. The minimum absolute atomic E-state index is 0. The SMILES string of the molecule is Cl.NCC1(C(=O)Nc2nc(-c3ccc4c(c3)OCCO4)cs2)CCOCC1. The molecule has 146 valence electrons. The average molecular weight is 412 g/mol. The zero-order valence-corrected chi connectivity index (χ0v) is 16.4. The number of fused-ring (bicyclic) bond motifs is 1. The van der Waals surface area contributed by atoms with Crippen LogP contribution in [0.2, 0.25) is 0 Å². The van der Waals surface area contributed by atoms with Crippen molar-refractivity contribution in [3.63, 3.8) is 0 Å². The first-order chi connectivity index (χ1) is 12.7. The molecule has 4 rings (SSSR count). The number of nitrogens with one attached hydrogen (secondary N) is 1. The standard InChI is InChI=1S/C18H21N3O4S.ClH/c19-11-18(3-5-23-6-4-18)16(22)21-17-20-13(10-26-17)12-1-2-14-15(9-12)25-8-7-24-14;/h1-2,9-10H,3-8,11,19H2,(H,20,21,22);1H. The van der Waals surface area contributed by atoms with Crippen molar-refractivity contribution in [1.29, 1.82) is 0 Å². The minimum atomic E-state index is -0.568. The maximum absolute atomic E-state index is 12.7. The fourth-order valence-corrected chi connectivity index (χ4v) is 3.90. The Morgan fingerprint density at radius 3 is 2.67 bits per heavy atom. The molecule has 0 bridgehead atoms. The number of anilines is 1. The van der Waals surface area contributed by atoms with Crippen LogP contribution in [0, 0.1) is 5.41 Å². The summed E-state index contributed by atoms with van der Waals surface area (Å²) in [5.41, 5.74) is 7.04. The van der Waals surface area contributed by atoms with Crippen LogP contribution in [0.5, 0.6) is 11.5 Å². The largest absolute Gasteiger partial charge is 0.486 e. The molecule has 3 heterocycles. The number of nitrogens with zero attached hydrogens (tertiary/aromatic N) is 1. The molecule has 1 fully saturated rings. The summed E-state index contributed by atoms with van der Waals surface area (Å²) >= 11 is 1.40. The normalized spacial score (nSPS) is 17.7. The van der Waals surface area contributed by atoms with Crippen molar-refractivity contribution >= 4 is 34.8 Å². The first-order valence-corrected chi connectivity index (χ1v) is 9.53. The predicted molar refractivity (Wildman–Crippen MR) is 106 cm³/mol. The van der Waals surface area contributed by atoms with E-state index in [-0.39, 0.29) is 18.3 Å². The van der Waals surface area contributed by atoms with Crippen molar-refractivity contribution in [1.82, 2.24) is 4.98 Å². The maximum Gasteiger partial charge on any atom is 0.233 e. The van der Waals surface area contributed by atoms with Gasteiger partial charge in [0.15, 0.2) is 16.6 Å². The van der Waals surface area contributed by atoms with E-state index in [1.54, 1.807) is 0 Å². The molecule has 0 spiro atoms. The van der Waals surface area contributed by atoms with E-state index in [4.69, 9.17) is 19.9 Å². The molecule has 27 heavy (non-hydrogen) atoms. The molecular formula is C18H22ClN3O4S. The van der Waals surface area contributed by atoms with Gasteiger partial charge in [0.2, 0.25) is 5.91 Å². The number of carbonyl (C=O) groups is 1. The topological polar surface area (TPSA) is 95.7 Å². The summed E-state index contributed by atoms with van der Waals surface area (Å²) in [5.74, 6) is 1.39. The molecule has 1 aromatic carbocycles. The Balaban J connectivity index is 0.00000210. The Morgan fingerprint density at radius 1 is 1.19 bits per heavy atom. The third kappa shape index (κ3) is 4.03. The van der Waals surface area contributed by atoms with E-state index in [2.05, 4.69) is 10.3 Å². The van der Waals surface area contributed by atoms with Crippen molar-refractivity contribution in [3.8, 4) is 22.8 Å². The van der Waals surface area contributed by atoms with Gasteiger partial charge in [-0.3, -0.25) is 4.79 Å². The van der Waals surface area contributed by atoms with E-state index < -0.39 is 5.41 Å². The van der Waals surface area contributed by atoms with Gasteiger partial charge in [0.05, 0.1) is 11.1 Å². The van der Waals surface area contributed by atoms with Gasteiger partial charge in [-0.15, -0.1) is 23.7 Å². The second-order valence-electron chi connectivity index (χ2n) is 6.45. The van der Waals surface area contributed by atoms with Gasteiger partial charge in [-0.2, -0.15) is 0 Å². The number of hydrogen-bond donors (Lipinski definition) is 2. The van der Waals surface area contributed by atoms with Crippen molar-refractivity contribution in [2.24, 2.45) is 11.1 Å². The lowest BCUT2D eigenvalue weighted by Crippen LogP contribution is -2.46. The molecule has 0 saturated carbocycles. The van der Waals surface area contributed by atoms with E-state index in [0.29, 0.717) is 50.9 Å². The summed E-state index contributed by atoms with van der Waals surface area (Å²) in [6.45, 7) is 2.53. The third-order valence-electron chi connectivity index (χ3n) is 4.88. The van der Waals surface area contributed by atoms with Crippen LogP contribution < -0.4 is 20.5 Å². The molecule has 0 radical (unpaired) electrons. The molecule has 2 aliphatic rings. The molecule has 2 aromatic rings.